The van der Waals surface area contributed by atoms with E-state index in [1.807, 2.05) is 36.6 Å². The summed E-state index contributed by atoms with van der Waals surface area (Å²) in [4.78, 5) is 11.5. The molecule has 5 nitrogen and oxygen atoms in total. The molecule has 19 heavy (non-hydrogen) atoms. The number of thioether (sulfide) groups is 1. The maximum absolute atomic E-state index is 11.5. The number of amides is 1. The van der Waals surface area contributed by atoms with Crippen LogP contribution in [0.25, 0.3) is 0 Å². The highest BCUT2D eigenvalue weighted by Gasteiger charge is 2.19. The fourth-order valence-corrected chi connectivity index (χ4v) is 1.95. The molecule has 1 rings (SSSR count). The lowest BCUT2D eigenvalue weighted by Gasteiger charge is -2.19. The SMILES string of the molecule is CSCCC(NC(=O)OCc1ccccc1)C(O)O. The molecule has 0 aromatic heterocycles. The highest BCUT2D eigenvalue weighted by Crippen LogP contribution is 2.05. The van der Waals surface area contributed by atoms with Crippen molar-refractivity contribution in [1.82, 2.24) is 5.32 Å². The van der Waals surface area contributed by atoms with Gasteiger partial charge in [-0.1, -0.05) is 30.3 Å². The third-order valence-electron chi connectivity index (χ3n) is 2.51. The molecular formula is C13H19NO4S. The predicted octanol–water partition coefficient (Wildman–Crippen LogP) is 1.35. The smallest absolute Gasteiger partial charge is 0.407 e. The van der Waals surface area contributed by atoms with Gasteiger partial charge in [0, 0.05) is 0 Å². The van der Waals surface area contributed by atoms with Gasteiger partial charge in [0.1, 0.15) is 6.61 Å². The first-order valence-electron chi connectivity index (χ1n) is 5.95. The van der Waals surface area contributed by atoms with Crippen LogP contribution in [0, 0.1) is 0 Å². The Hall–Kier alpha value is -1.24. The molecule has 0 aliphatic carbocycles. The quantitative estimate of drug-likeness (QED) is 0.659. The molecule has 106 valence electrons. The van der Waals surface area contributed by atoms with Gasteiger partial charge in [-0.3, -0.25) is 0 Å². The number of alkyl carbamates (subject to hydrolysis) is 1. The summed E-state index contributed by atoms with van der Waals surface area (Å²) in [6, 6.07) is 8.57. The molecule has 1 aromatic carbocycles. The lowest BCUT2D eigenvalue weighted by molar-refractivity contribution is -0.0666. The second-order valence-electron chi connectivity index (χ2n) is 4.01. The Morgan fingerprint density at radius 1 is 1.37 bits per heavy atom. The van der Waals surface area contributed by atoms with Gasteiger partial charge < -0.3 is 20.3 Å². The molecule has 0 bridgehead atoms. The molecule has 0 saturated heterocycles. The van der Waals surface area contributed by atoms with Gasteiger partial charge >= 0.3 is 6.09 Å². The van der Waals surface area contributed by atoms with E-state index in [0.717, 1.165) is 11.3 Å². The molecule has 0 heterocycles. The molecule has 0 spiro atoms. The van der Waals surface area contributed by atoms with Crippen LogP contribution in [0.5, 0.6) is 0 Å². The fourth-order valence-electron chi connectivity index (χ4n) is 1.46. The molecule has 0 aliphatic rings. The van der Waals surface area contributed by atoms with E-state index in [9.17, 15) is 4.79 Å². The molecular weight excluding hydrogens is 266 g/mol. The van der Waals surface area contributed by atoms with Crippen molar-refractivity contribution in [2.45, 2.75) is 25.4 Å². The molecule has 0 fully saturated rings. The summed E-state index contributed by atoms with van der Waals surface area (Å²) in [6.45, 7) is 0.156. The van der Waals surface area contributed by atoms with Crippen molar-refractivity contribution in [3.63, 3.8) is 0 Å². The lowest BCUT2D eigenvalue weighted by atomic mass is 10.2. The maximum Gasteiger partial charge on any atom is 0.407 e. The second-order valence-corrected chi connectivity index (χ2v) is 4.99. The van der Waals surface area contributed by atoms with Gasteiger partial charge in [0.25, 0.3) is 0 Å². The average molecular weight is 285 g/mol. The van der Waals surface area contributed by atoms with Crippen LogP contribution < -0.4 is 5.32 Å². The minimum absolute atomic E-state index is 0.156. The largest absolute Gasteiger partial charge is 0.445 e. The van der Waals surface area contributed by atoms with E-state index < -0.39 is 18.4 Å². The Bertz CT molecular complexity index is 372. The van der Waals surface area contributed by atoms with Gasteiger partial charge in [0.2, 0.25) is 0 Å². The van der Waals surface area contributed by atoms with E-state index in [1.54, 1.807) is 11.8 Å². The van der Waals surface area contributed by atoms with E-state index in [0.29, 0.717) is 6.42 Å². The van der Waals surface area contributed by atoms with Gasteiger partial charge in [-0.15, -0.1) is 0 Å². The molecule has 1 amide bonds. The zero-order chi connectivity index (χ0) is 14.1. The van der Waals surface area contributed by atoms with Gasteiger partial charge in [0.05, 0.1) is 6.04 Å². The molecule has 1 aromatic rings. The van der Waals surface area contributed by atoms with Crippen molar-refractivity contribution < 1.29 is 19.7 Å². The highest BCUT2D eigenvalue weighted by atomic mass is 32.2. The Morgan fingerprint density at radius 3 is 2.63 bits per heavy atom. The number of ether oxygens (including phenoxy) is 1. The summed E-state index contributed by atoms with van der Waals surface area (Å²) in [5, 5.41) is 20.7. The fraction of sp³-hybridized carbons (Fsp3) is 0.462. The first-order valence-corrected chi connectivity index (χ1v) is 7.35. The Kier molecular flexibility index (Phi) is 7.32. The summed E-state index contributed by atoms with van der Waals surface area (Å²) in [6.07, 6.45) is 0.146. The van der Waals surface area contributed by atoms with E-state index >= 15 is 0 Å². The van der Waals surface area contributed by atoms with E-state index in [4.69, 9.17) is 14.9 Å². The van der Waals surface area contributed by atoms with Crippen LogP contribution in [0.15, 0.2) is 30.3 Å². The molecule has 3 N–H and O–H groups in total. The average Bonchev–Trinajstić information content (AvgIpc) is 2.42. The number of carbonyl (C=O) groups excluding carboxylic acids is 1. The Labute approximate surface area is 117 Å². The van der Waals surface area contributed by atoms with E-state index in [1.165, 1.54) is 0 Å². The van der Waals surface area contributed by atoms with E-state index in [-0.39, 0.29) is 6.61 Å². The Morgan fingerprint density at radius 2 is 2.05 bits per heavy atom. The zero-order valence-corrected chi connectivity index (χ0v) is 11.6. The number of benzene rings is 1. The molecule has 1 unspecified atom stereocenters. The number of hydrogen-bond acceptors (Lipinski definition) is 5. The number of rotatable bonds is 7. The van der Waals surface area contributed by atoms with Crippen molar-refractivity contribution in [3.05, 3.63) is 35.9 Å². The summed E-state index contributed by atoms with van der Waals surface area (Å²) in [5.74, 6) is 0.723. The monoisotopic (exact) mass is 285 g/mol. The van der Waals surface area contributed by atoms with Crippen LogP contribution in [0.3, 0.4) is 0 Å². The van der Waals surface area contributed by atoms with Crippen LogP contribution in [0.1, 0.15) is 12.0 Å². The molecule has 1 atom stereocenters. The summed E-state index contributed by atoms with van der Waals surface area (Å²) in [5.41, 5.74) is 0.878. The standard InChI is InChI=1S/C13H19NO4S/c1-19-8-7-11(12(15)16)14-13(17)18-9-10-5-3-2-4-6-10/h2-6,11-12,15-16H,7-9H2,1H3,(H,14,17). The first-order chi connectivity index (χ1) is 9.13. The molecule has 0 saturated carbocycles. The normalized spacial score (nSPS) is 12.2. The zero-order valence-electron chi connectivity index (χ0n) is 10.8. The van der Waals surface area contributed by atoms with Crippen molar-refractivity contribution in [3.8, 4) is 0 Å². The van der Waals surface area contributed by atoms with Gasteiger partial charge in [0.15, 0.2) is 6.29 Å². The van der Waals surface area contributed by atoms with Crippen molar-refractivity contribution in [2.75, 3.05) is 12.0 Å². The van der Waals surface area contributed by atoms with Crippen LogP contribution in [-0.2, 0) is 11.3 Å². The summed E-state index contributed by atoms with van der Waals surface area (Å²) in [7, 11) is 0. The number of hydrogen-bond donors (Lipinski definition) is 3. The minimum atomic E-state index is -1.59. The van der Waals surface area contributed by atoms with Gasteiger partial charge in [-0.25, -0.2) is 4.79 Å². The van der Waals surface area contributed by atoms with E-state index in [2.05, 4.69) is 5.32 Å². The Balaban J connectivity index is 2.36. The number of aliphatic hydroxyl groups is 2. The summed E-state index contributed by atoms with van der Waals surface area (Å²) < 4.78 is 5.01. The van der Waals surface area contributed by atoms with Gasteiger partial charge in [-0.2, -0.15) is 11.8 Å². The maximum atomic E-state index is 11.5. The van der Waals surface area contributed by atoms with Crippen LogP contribution in [-0.4, -0.2) is 40.6 Å². The topological polar surface area (TPSA) is 78.8 Å². The number of carbonyl (C=O) groups is 1. The highest BCUT2D eigenvalue weighted by molar-refractivity contribution is 7.98. The predicted molar refractivity (Wildman–Crippen MR) is 74.8 cm³/mol. The van der Waals surface area contributed by atoms with Crippen LogP contribution in [0.2, 0.25) is 0 Å². The second kappa shape index (κ2) is 8.79. The first kappa shape index (κ1) is 15.8. The summed E-state index contributed by atoms with van der Waals surface area (Å²) >= 11 is 1.57. The van der Waals surface area contributed by atoms with Crippen molar-refractivity contribution >= 4 is 17.9 Å². The van der Waals surface area contributed by atoms with Crippen molar-refractivity contribution in [2.24, 2.45) is 0 Å². The van der Waals surface area contributed by atoms with Gasteiger partial charge in [-0.05, 0) is 24.0 Å². The number of nitrogens with one attached hydrogen (secondary N) is 1. The van der Waals surface area contributed by atoms with Crippen LogP contribution >= 0.6 is 11.8 Å². The third kappa shape index (κ3) is 6.47. The van der Waals surface area contributed by atoms with Crippen LogP contribution in [0.4, 0.5) is 4.79 Å². The lowest BCUT2D eigenvalue weighted by Crippen LogP contribution is -2.43. The molecule has 0 aliphatic heterocycles. The minimum Gasteiger partial charge on any atom is -0.445 e. The molecule has 0 radical (unpaired) electrons. The number of aliphatic hydroxyl groups excluding tert-OH is 1. The third-order valence-corrected chi connectivity index (χ3v) is 3.15. The van der Waals surface area contributed by atoms with Crippen molar-refractivity contribution in [1.29, 1.82) is 0 Å². The molecule has 6 heteroatoms.